The fraction of sp³-hybridized carbons (Fsp3) is 0.269. The Hall–Kier alpha value is -2.96. The van der Waals surface area contributed by atoms with Gasteiger partial charge in [0.05, 0.1) is 4.90 Å². The topological polar surface area (TPSA) is 66.5 Å². The molecule has 5 nitrogen and oxygen atoms in total. The Balaban J connectivity index is 1.66. The van der Waals surface area contributed by atoms with Crippen molar-refractivity contribution in [2.75, 3.05) is 13.1 Å². The van der Waals surface area contributed by atoms with Crippen molar-refractivity contribution in [2.45, 2.75) is 37.6 Å². The van der Waals surface area contributed by atoms with Crippen LogP contribution in [0.5, 0.6) is 0 Å². The van der Waals surface area contributed by atoms with Crippen LogP contribution in [-0.2, 0) is 21.4 Å². The maximum Gasteiger partial charge on any atom is 0.243 e. The molecule has 6 heteroatoms. The molecule has 0 heterocycles. The van der Waals surface area contributed by atoms with E-state index in [4.69, 9.17) is 0 Å². The van der Waals surface area contributed by atoms with Gasteiger partial charge < -0.3 is 5.32 Å². The molecule has 0 unspecified atom stereocenters. The van der Waals surface area contributed by atoms with Crippen LogP contribution in [0.1, 0.15) is 42.9 Å². The summed E-state index contributed by atoms with van der Waals surface area (Å²) in [5.41, 5.74) is 3.05. The predicted molar refractivity (Wildman–Crippen MR) is 128 cm³/mol. The molecule has 3 rings (SSSR count). The SMILES string of the molecule is CCN(CC)S(=O)(=O)c1ccc(CNC(=O)CC(c2ccccc2)c2ccccc2)cc1. The van der Waals surface area contributed by atoms with Crippen molar-refractivity contribution in [3.8, 4) is 0 Å². The zero-order valence-corrected chi connectivity index (χ0v) is 19.4. The van der Waals surface area contributed by atoms with Crippen LogP contribution in [0.2, 0.25) is 0 Å². The first kappa shape index (κ1) is 23.7. The summed E-state index contributed by atoms with van der Waals surface area (Å²) < 4.78 is 26.7. The molecule has 0 radical (unpaired) electrons. The number of sulfonamides is 1. The monoisotopic (exact) mass is 450 g/mol. The van der Waals surface area contributed by atoms with Gasteiger partial charge in [-0.15, -0.1) is 0 Å². The maximum absolute atomic E-state index is 12.8. The minimum Gasteiger partial charge on any atom is -0.352 e. The first-order valence-corrected chi connectivity index (χ1v) is 12.3. The van der Waals surface area contributed by atoms with Gasteiger partial charge in [0, 0.05) is 32.0 Å². The lowest BCUT2D eigenvalue weighted by Crippen LogP contribution is -2.30. The summed E-state index contributed by atoms with van der Waals surface area (Å²) in [5, 5.41) is 2.97. The zero-order chi connectivity index (χ0) is 23.0. The van der Waals surface area contributed by atoms with E-state index in [1.807, 2.05) is 74.5 Å². The van der Waals surface area contributed by atoms with Gasteiger partial charge in [0.1, 0.15) is 0 Å². The van der Waals surface area contributed by atoms with Crippen molar-refractivity contribution < 1.29 is 13.2 Å². The lowest BCUT2D eigenvalue weighted by Gasteiger charge is -2.19. The number of hydrogen-bond acceptors (Lipinski definition) is 3. The maximum atomic E-state index is 12.8. The van der Waals surface area contributed by atoms with Crippen molar-refractivity contribution in [3.05, 3.63) is 102 Å². The van der Waals surface area contributed by atoms with Crippen molar-refractivity contribution in [2.24, 2.45) is 0 Å². The van der Waals surface area contributed by atoms with Gasteiger partial charge in [0.25, 0.3) is 0 Å². The fourth-order valence-corrected chi connectivity index (χ4v) is 5.21. The summed E-state index contributed by atoms with van der Waals surface area (Å²) in [6.45, 7) is 4.86. The lowest BCUT2D eigenvalue weighted by molar-refractivity contribution is -0.121. The van der Waals surface area contributed by atoms with E-state index in [0.717, 1.165) is 16.7 Å². The molecular weight excluding hydrogens is 420 g/mol. The van der Waals surface area contributed by atoms with Crippen molar-refractivity contribution >= 4 is 15.9 Å². The van der Waals surface area contributed by atoms with Gasteiger partial charge in [-0.2, -0.15) is 4.31 Å². The number of amides is 1. The molecule has 0 aromatic heterocycles. The van der Waals surface area contributed by atoms with Crippen LogP contribution in [0.15, 0.2) is 89.8 Å². The average molecular weight is 451 g/mol. The highest BCUT2D eigenvalue weighted by molar-refractivity contribution is 7.89. The van der Waals surface area contributed by atoms with Crippen LogP contribution in [0.4, 0.5) is 0 Å². The molecule has 3 aromatic carbocycles. The van der Waals surface area contributed by atoms with Crippen LogP contribution >= 0.6 is 0 Å². The fourth-order valence-electron chi connectivity index (χ4n) is 3.75. The molecule has 0 aliphatic rings. The Kier molecular flexibility index (Phi) is 8.20. The number of carbonyl (C=O) groups is 1. The van der Waals surface area contributed by atoms with Gasteiger partial charge in [-0.1, -0.05) is 86.6 Å². The van der Waals surface area contributed by atoms with E-state index < -0.39 is 10.0 Å². The van der Waals surface area contributed by atoms with Gasteiger partial charge in [0.2, 0.25) is 15.9 Å². The highest BCUT2D eigenvalue weighted by Gasteiger charge is 2.21. The first-order valence-electron chi connectivity index (χ1n) is 10.9. The number of nitrogens with one attached hydrogen (secondary N) is 1. The third-order valence-electron chi connectivity index (χ3n) is 5.55. The molecule has 0 spiro atoms. The Morgan fingerprint density at radius 1 is 0.812 bits per heavy atom. The van der Waals surface area contributed by atoms with Crippen LogP contribution in [0, 0.1) is 0 Å². The Morgan fingerprint density at radius 2 is 1.31 bits per heavy atom. The van der Waals surface area contributed by atoms with Crippen LogP contribution in [-0.4, -0.2) is 31.7 Å². The Labute approximate surface area is 191 Å². The average Bonchev–Trinajstić information content (AvgIpc) is 2.83. The van der Waals surface area contributed by atoms with E-state index >= 15 is 0 Å². The number of hydrogen-bond donors (Lipinski definition) is 1. The first-order chi connectivity index (χ1) is 15.5. The second-order valence-corrected chi connectivity index (χ2v) is 9.53. The van der Waals surface area contributed by atoms with E-state index in [0.29, 0.717) is 26.1 Å². The highest BCUT2D eigenvalue weighted by Crippen LogP contribution is 2.27. The molecule has 3 aromatic rings. The van der Waals surface area contributed by atoms with Gasteiger partial charge in [-0.25, -0.2) is 8.42 Å². The molecule has 0 saturated carbocycles. The second-order valence-electron chi connectivity index (χ2n) is 7.59. The van der Waals surface area contributed by atoms with Crippen molar-refractivity contribution in [3.63, 3.8) is 0 Å². The normalized spacial score (nSPS) is 11.6. The molecule has 1 N–H and O–H groups in total. The molecule has 0 atom stereocenters. The smallest absolute Gasteiger partial charge is 0.243 e. The Bertz CT molecular complexity index is 1060. The van der Waals surface area contributed by atoms with E-state index in [-0.39, 0.29) is 16.7 Å². The molecule has 32 heavy (non-hydrogen) atoms. The highest BCUT2D eigenvalue weighted by atomic mass is 32.2. The molecule has 0 bridgehead atoms. The van der Waals surface area contributed by atoms with Crippen LogP contribution in [0.3, 0.4) is 0 Å². The summed E-state index contributed by atoms with van der Waals surface area (Å²) >= 11 is 0. The largest absolute Gasteiger partial charge is 0.352 e. The van der Waals surface area contributed by atoms with Gasteiger partial charge >= 0.3 is 0 Å². The van der Waals surface area contributed by atoms with E-state index in [2.05, 4.69) is 5.32 Å². The minimum atomic E-state index is -3.48. The minimum absolute atomic E-state index is 0.0287. The van der Waals surface area contributed by atoms with E-state index in [1.54, 1.807) is 24.3 Å². The quantitative estimate of drug-likeness (QED) is 0.493. The second kappa shape index (κ2) is 11.1. The summed E-state index contributed by atoms with van der Waals surface area (Å²) in [4.78, 5) is 13.0. The Morgan fingerprint density at radius 3 is 1.78 bits per heavy atom. The zero-order valence-electron chi connectivity index (χ0n) is 18.6. The molecule has 0 saturated heterocycles. The van der Waals surface area contributed by atoms with Crippen LogP contribution < -0.4 is 5.32 Å². The van der Waals surface area contributed by atoms with E-state index in [1.165, 1.54) is 4.31 Å². The van der Waals surface area contributed by atoms with E-state index in [9.17, 15) is 13.2 Å². The third kappa shape index (κ3) is 5.84. The molecule has 0 fully saturated rings. The van der Waals surface area contributed by atoms with Gasteiger partial charge in [-0.05, 0) is 28.8 Å². The lowest BCUT2D eigenvalue weighted by atomic mass is 9.88. The summed E-state index contributed by atoms with van der Waals surface area (Å²) in [5.74, 6) is -0.0819. The number of benzene rings is 3. The predicted octanol–water partition coefficient (Wildman–Crippen LogP) is 4.56. The van der Waals surface area contributed by atoms with Gasteiger partial charge in [-0.3, -0.25) is 4.79 Å². The number of nitrogens with zero attached hydrogens (tertiary/aromatic N) is 1. The van der Waals surface area contributed by atoms with Crippen LogP contribution in [0.25, 0.3) is 0 Å². The molecule has 168 valence electrons. The standard InChI is InChI=1S/C26H30N2O3S/c1-3-28(4-2)32(30,31)24-17-15-21(16-18-24)20-27-26(29)19-25(22-11-7-5-8-12-22)23-13-9-6-10-14-23/h5-18,25H,3-4,19-20H2,1-2H3,(H,27,29). The molecule has 0 aliphatic carbocycles. The van der Waals surface area contributed by atoms with Crippen molar-refractivity contribution in [1.82, 2.24) is 9.62 Å². The third-order valence-corrected chi connectivity index (χ3v) is 7.61. The van der Waals surface area contributed by atoms with Gasteiger partial charge in [0.15, 0.2) is 0 Å². The molecule has 1 amide bonds. The summed E-state index contributed by atoms with van der Waals surface area (Å²) in [6.07, 6.45) is 0.336. The number of carbonyl (C=O) groups excluding carboxylic acids is 1. The van der Waals surface area contributed by atoms with Crippen molar-refractivity contribution in [1.29, 1.82) is 0 Å². The number of rotatable bonds is 10. The summed E-state index contributed by atoms with van der Waals surface area (Å²) in [7, 11) is -3.48. The molecule has 0 aliphatic heterocycles. The summed E-state index contributed by atoms with van der Waals surface area (Å²) in [6, 6.07) is 26.7. The molecular formula is C26H30N2O3S.